The van der Waals surface area contributed by atoms with Gasteiger partial charge in [-0.3, -0.25) is 4.55 Å². The quantitative estimate of drug-likeness (QED) is 0.267. The van der Waals surface area contributed by atoms with Gasteiger partial charge in [0.1, 0.15) is 5.52 Å². The summed E-state index contributed by atoms with van der Waals surface area (Å²) in [6.07, 6.45) is 1.08. The fourth-order valence-corrected chi connectivity index (χ4v) is 3.41. The number of esters is 2. The Bertz CT molecular complexity index is 1300. The van der Waals surface area contributed by atoms with Crippen LogP contribution in [0.5, 0.6) is 0 Å². The molecule has 2 aromatic carbocycles. The van der Waals surface area contributed by atoms with Crippen LogP contribution in [0, 0.1) is 0 Å². The molecule has 10 nitrogen and oxygen atoms in total. The fraction of sp³-hybridized carbons (Fsp3) is 0.150. The number of aromatic nitrogens is 1. The van der Waals surface area contributed by atoms with Crippen LogP contribution in [-0.2, 0) is 29.2 Å². The standard InChI is InChI=1S/C20H16N2O8S/c1-20(2)29-18(23)13(19(24)30-20)10-21-14-8-7-11(31(25,26)27)9-12(14)17-22-15-5-3-4-6-16(15)28-17/h3-10,21H,1-2H3,(H,25,26,27). The average Bonchev–Trinajstić information content (AvgIpc) is 3.09. The number of hydrogen-bond donors (Lipinski definition) is 2. The summed E-state index contributed by atoms with van der Waals surface area (Å²) in [5.41, 5.74) is 1.01. The largest absolute Gasteiger partial charge is 0.436 e. The van der Waals surface area contributed by atoms with Gasteiger partial charge < -0.3 is 19.2 Å². The van der Waals surface area contributed by atoms with Crippen LogP contribution >= 0.6 is 0 Å². The van der Waals surface area contributed by atoms with Gasteiger partial charge in [0.2, 0.25) is 5.89 Å². The first-order valence-electron chi connectivity index (χ1n) is 8.94. The number of benzene rings is 2. The van der Waals surface area contributed by atoms with Gasteiger partial charge >= 0.3 is 11.9 Å². The van der Waals surface area contributed by atoms with Crippen molar-refractivity contribution < 1.29 is 36.5 Å². The molecule has 160 valence electrons. The fourth-order valence-electron chi connectivity index (χ4n) is 2.90. The van der Waals surface area contributed by atoms with Crippen molar-refractivity contribution in [1.29, 1.82) is 0 Å². The van der Waals surface area contributed by atoms with Gasteiger partial charge in [0.05, 0.1) is 16.1 Å². The summed E-state index contributed by atoms with van der Waals surface area (Å²) in [6, 6.07) is 10.5. The van der Waals surface area contributed by atoms with Gasteiger partial charge in [0.15, 0.2) is 11.2 Å². The Labute approximate surface area is 176 Å². The first-order valence-corrected chi connectivity index (χ1v) is 10.4. The molecule has 0 spiro atoms. The maximum atomic E-state index is 12.1. The van der Waals surface area contributed by atoms with E-state index >= 15 is 0 Å². The first kappa shape index (κ1) is 20.6. The molecule has 2 N–H and O–H groups in total. The van der Waals surface area contributed by atoms with Gasteiger partial charge in [0.25, 0.3) is 15.9 Å². The van der Waals surface area contributed by atoms with E-state index in [0.29, 0.717) is 11.1 Å². The molecule has 3 aromatic rings. The number of fused-ring (bicyclic) bond motifs is 1. The molecule has 1 aliphatic heterocycles. The van der Waals surface area contributed by atoms with Crippen LogP contribution in [-0.4, -0.2) is 35.7 Å². The molecule has 1 aromatic heterocycles. The van der Waals surface area contributed by atoms with Gasteiger partial charge in [-0.15, -0.1) is 0 Å². The second kappa shape index (κ2) is 7.22. The van der Waals surface area contributed by atoms with E-state index < -0.39 is 27.8 Å². The topological polar surface area (TPSA) is 145 Å². The highest BCUT2D eigenvalue weighted by atomic mass is 32.2. The van der Waals surface area contributed by atoms with Crippen LogP contribution in [0.2, 0.25) is 0 Å². The van der Waals surface area contributed by atoms with Crippen molar-refractivity contribution in [1.82, 2.24) is 4.98 Å². The minimum atomic E-state index is -4.51. The molecule has 0 atom stereocenters. The number of oxazole rings is 1. The molecule has 1 saturated heterocycles. The van der Waals surface area contributed by atoms with Crippen molar-refractivity contribution in [2.45, 2.75) is 24.5 Å². The molecular weight excluding hydrogens is 428 g/mol. The normalized spacial score (nSPS) is 16.0. The summed E-state index contributed by atoms with van der Waals surface area (Å²) in [7, 11) is -4.51. The number of nitrogens with one attached hydrogen (secondary N) is 1. The lowest BCUT2D eigenvalue weighted by Gasteiger charge is -2.29. The third-order valence-corrected chi connectivity index (χ3v) is 5.15. The van der Waals surface area contributed by atoms with Crippen LogP contribution in [0.3, 0.4) is 0 Å². The Morgan fingerprint density at radius 1 is 1.06 bits per heavy atom. The van der Waals surface area contributed by atoms with E-state index in [0.717, 1.165) is 18.3 Å². The monoisotopic (exact) mass is 444 g/mol. The molecule has 0 saturated carbocycles. The average molecular weight is 444 g/mol. The zero-order valence-electron chi connectivity index (χ0n) is 16.3. The minimum Gasteiger partial charge on any atom is -0.436 e. The number of cyclic esters (lactones) is 2. The molecule has 0 aliphatic carbocycles. The molecule has 0 amide bonds. The lowest BCUT2D eigenvalue weighted by molar-refractivity contribution is -0.222. The smallest absolute Gasteiger partial charge is 0.350 e. The summed E-state index contributed by atoms with van der Waals surface area (Å²) < 4.78 is 48.4. The Hall–Kier alpha value is -3.70. The van der Waals surface area contributed by atoms with Crippen LogP contribution in [0.15, 0.2) is 63.6 Å². The molecule has 11 heteroatoms. The zero-order valence-corrected chi connectivity index (χ0v) is 17.1. The highest BCUT2D eigenvalue weighted by molar-refractivity contribution is 7.85. The van der Waals surface area contributed by atoms with Gasteiger partial charge in [-0.25, -0.2) is 14.6 Å². The van der Waals surface area contributed by atoms with Gasteiger partial charge in [-0.2, -0.15) is 8.42 Å². The molecule has 1 fully saturated rings. The predicted molar refractivity (Wildman–Crippen MR) is 107 cm³/mol. The second-order valence-corrected chi connectivity index (χ2v) is 8.47. The van der Waals surface area contributed by atoms with Gasteiger partial charge in [-0.05, 0) is 30.3 Å². The summed E-state index contributed by atoms with van der Waals surface area (Å²) in [6.45, 7) is 2.85. The van der Waals surface area contributed by atoms with E-state index in [2.05, 4.69) is 10.3 Å². The maximum absolute atomic E-state index is 12.1. The van der Waals surface area contributed by atoms with Crippen LogP contribution in [0.25, 0.3) is 22.6 Å². The third-order valence-electron chi connectivity index (χ3n) is 4.30. The summed E-state index contributed by atoms with van der Waals surface area (Å²) in [4.78, 5) is 28.2. The summed E-state index contributed by atoms with van der Waals surface area (Å²) >= 11 is 0. The lowest BCUT2D eigenvalue weighted by atomic mass is 10.1. The predicted octanol–water partition coefficient (Wildman–Crippen LogP) is 2.87. The van der Waals surface area contributed by atoms with Crippen molar-refractivity contribution in [3.63, 3.8) is 0 Å². The van der Waals surface area contributed by atoms with Crippen molar-refractivity contribution in [2.24, 2.45) is 0 Å². The van der Waals surface area contributed by atoms with Crippen LogP contribution in [0.4, 0.5) is 5.69 Å². The zero-order chi connectivity index (χ0) is 22.4. The first-order chi connectivity index (χ1) is 14.5. The van der Waals surface area contributed by atoms with Crippen LogP contribution in [0.1, 0.15) is 13.8 Å². The maximum Gasteiger partial charge on any atom is 0.350 e. The number of anilines is 1. The number of carbonyl (C=O) groups is 2. The summed E-state index contributed by atoms with van der Waals surface area (Å²) in [5.74, 6) is -3.09. The minimum absolute atomic E-state index is 0.0579. The van der Waals surface area contributed by atoms with Crippen LogP contribution < -0.4 is 5.32 Å². The molecule has 2 heterocycles. The Balaban J connectivity index is 1.77. The third kappa shape index (κ3) is 4.13. The lowest BCUT2D eigenvalue weighted by Crippen LogP contribution is -2.42. The number of para-hydroxylation sites is 2. The van der Waals surface area contributed by atoms with E-state index in [9.17, 15) is 22.6 Å². The Morgan fingerprint density at radius 2 is 1.74 bits per heavy atom. The van der Waals surface area contributed by atoms with Gasteiger partial charge in [0, 0.05) is 20.0 Å². The molecule has 31 heavy (non-hydrogen) atoms. The van der Waals surface area contributed by atoms with E-state index in [1.54, 1.807) is 24.3 Å². The summed E-state index contributed by atoms with van der Waals surface area (Å²) in [5, 5.41) is 2.75. The van der Waals surface area contributed by atoms with Crippen molar-refractivity contribution >= 4 is 38.8 Å². The van der Waals surface area contributed by atoms with E-state index in [-0.39, 0.29) is 27.6 Å². The molecule has 0 unspecified atom stereocenters. The molecule has 1 aliphatic rings. The Kier molecular flexibility index (Phi) is 4.79. The SMILES string of the molecule is CC1(C)OC(=O)C(=CNc2ccc(S(=O)(=O)O)cc2-c2nc3ccccc3o2)C(=O)O1. The Morgan fingerprint density at radius 3 is 2.39 bits per heavy atom. The number of nitrogens with zero attached hydrogens (tertiary/aromatic N) is 1. The number of carbonyl (C=O) groups excluding carboxylic acids is 2. The number of rotatable bonds is 4. The van der Waals surface area contributed by atoms with Crippen molar-refractivity contribution in [3.05, 3.63) is 54.2 Å². The molecule has 0 bridgehead atoms. The van der Waals surface area contributed by atoms with Gasteiger partial charge in [-0.1, -0.05) is 12.1 Å². The molecular formula is C20H16N2O8S. The highest BCUT2D eigenvalue weighted by Crippen LogP contribution is 2.33. The second-order valence-electron chi connectivity index (χ2n) is 7.05. The van der Waals surface area contributed by atoms with Crippen molar-refractivity contribution in [2.75, 3.05) is 5.32 Å². The molecule has 4 rings (SSSR count). The van der Waals surface area contributed by atoms with E-state index in [1.807, 2.05) is 0 Å². The number of hydrogen-bond acceptors (Lipinski definition) is 9. The number of ether oxygens (including phenoxy) is 2. The van der Waals surface area contributed by atoms with E-state index in [1.165, 1.54) is 19.9 Å². The van der Waals surface area contributed by atoms with Crippen molar-refractivity contribution in [3.8, 4) is 11.5 Å². The highest BCUT2D eigenvalue weighted by Gasteiger charge is 2.39. The van der Waals surface area contributed by atoms with E-state index in [4.69, 9.17) is 13.9 Å². The molecule has 0 radical (unpaired) electrons.